The quantitative estimate of drug-likeness (QED) is 0.521. The van der Waals surface area contributed by atoms with E-state index in [1.165, 1.54) is 11.8 Å². The Morgan fingerprint density at radius 1 is 1.23 bits per heavy atom. The van der Waals surface area contributed by atoms with E-state index >= 15 is 0 Å². The van der Waals surface area contributed by atoms with Gasteiger partial charge in [0.25, 0.3) is 0 Å². The van der Waals surface area contributed by atoms with Gasteiger partial charge in [0.15, 0.2) is 0 Å². The largest absolute Gasteiger partial charge is 0.416 e. The predicted molar refractivity (Wildman–Crippen MR) is 114 cm³/mol. The fourth-order valence-electron chi connectivity index (χ4n) is 4.92. The molecule has 1 fully saturated rings. The van der Waals surface area contributed by atoms with Crippen molar-refractivity contribution < 1.29 is 17.9 Å². The Morgan fingerprint density at radius 3 is 2.87 bits per heavy atom. The molecule has 1 saturated heterocycles. The van der Waals surface area contributed by atoms with Crippen LogP contribution in [0.5, 0.6) is 0 Å². The van der Waals surface area contributed by atoms with E-state index in [2.05, 4.69) is 9.97 Å². The van der Waals surface area contributed by atoms with Crippen LogP contribution in [0.15, 0.2) is 36.5 Å². The fraction of sp³-hybridized carbons (Fsp3) is 0.435. The molecule has 164 valence electrons. The topological polar surface area (TPSA) is 41.2 Å². The van der Waals surface area contributed by atoms with E-state index in [0.29, 0.717) is 36.3 Å². The number of hydrogen-bond acceptors (Lipinski definition) is 3. The summed E-state index contributed by atoms with van der Waals surface area (Å²) in [4.78, 5) is 9.87. The Kier molecular flexibility index (Phi) is 5.34. The van der Waals surface area contributed by atoms with Gasteiger partial charge < -0.3 is 14.6 Å². The standard InChI is InChI=1S/C23H23ClF3N3O/c24-16-3-4-19-18(12-16)17-6-8-30(21-11-15(5-7-28-21)23(25,26)27)20(22(17)29-19)10-14-2-1-9-31-13-14/h3-5,7,11-12,14,20,29H,1-2,6,8-10,13H2/t14-,20+/m1/s1. The number of aromatic nitrogens is 2. The number of halogens is 4. The second-order valence-corrected chi connectivity index (χ2v) is 8.82. The van der Waals surface area contributed by atoms with E-state index < -0.39 is 11.7 Å². The summed E-state index contributed by atoms with van der Waals surface area (Å²) >= 11 is 6.24. The number of H-pyrrole nitrogens is 1. The van der Waals surface area contributed by atoms with Crippen LogP contribution in [-0.4, -0.2) is 29.7 Å². The Labute approximate surface area is 183 Å². The van der Waals surface area contributed by atoms with E-state index in [9.17, 15) is 13.2 Å². The minimum atomic E-state index is -4.40. The Bertz CT molecular complexity index is 1090. The SMILES string of the molecule is FC(F)(F)c1ccnc(N2CCc3c([nH]c4ccc(Cl)cc34)[C@@H]2C[C@H]2CCCOC2)c1. The van der Waals surface area contributed by atoms with Gasteiger partial charge in [0, 0.05) is 47.6 Å². The summed E-state index contributed by atoms with van der Waals surface area (Å²) in [6.07, 6.45) is 0.426. The number of hydrogen-bond donors (Lipinski definition) is 1. The Balaban J connectivity index is 1.57. The van der Waals surface area contributed by atoms with Gasteiger partial charge in [-0.3, -0.25) is 0 Å². The molecule has 0 aliphatic carbocycles. The minimum absolute atomic E-state index is 0.0994. The number of ether oxygens (including phenoxy) is 1. The number of anilines is 1. The molecule has 8 heteroatoms. The lowest BCUT2D eigenvalue weighted by Crippen LogP contribution is -2.38. The summed E-state index contributed by atoms with van der Waals surface area (Å²) in [5.41, 5.74) is 2.57. The lowest BCUT2D eigenvalue weighted by molar-refractivity contribution is -0.137. The summed E-state index contributed by atoms with van der Waals surface area (Å²) in [7, 11) is 0. The summed E-state index contributed by atoms with van der Waals surface area (Å²) in [5.74, 6) is 0.715. The highest BCUT2D eigenvalue weighted by Gasteiger charge is 2.36. The van der Waals surface area contributed by atoms with Crippen molar-refractivity contribution in [3.63, 3.8) is 0 Å². The molecule has 4 heterocycles. The third-order valence-electron chi connectivity index (χ3n) is 6.39. The maximum atomic E-state index is 13.3. The lowest BCUT2D eigenvalue weighted by atomic mass is 9.88. The number of fused-ring (bicyclic) bond motifs is 3. The summed E-state index contributed by atoms with van der Waals surface area (Å²) in [6.45, 7) is 2.05. The first-order valence-electron chi connectivity index (χ1n) is 10.6. The van der Waals surface area contributed by atoms with Gasteiger partial charge in [0.2, 0.25) is 0 Å². The highest BCUT2D eigenvalue weighted by Crippen LogP contribution is 2.42. The van der Waals surface area contributed by atoms with Crippen molar-refractivity contribution >= 4 is 28.3 Å². The zero-order chi connectivity index (χ0) is 21.6. The second-order valence-electron chi connectivity index (χ2n) is 8.39. The van der Waals surface area contributed by atoms with Gasteiger partial charge in [0.1, 0.15) is 5.82 Å². The van der Waals surface area contributed by atoms with Crippen molar-refractivity contribution in [1.82, 2.24) is 9.97 Å². The molecule has 2 aromatic heterocycles. The number of alkyl halides is 3. The van der Waals surface area contributed by atoms with E-state index in [1.54, 1.807) is 0 Å². The summed E-state index contributed by atoms with van der Waals surface area (Å²) in [6, 6.07) is 7.86. The van der Waals surface area contributed by atoms with Crippen molar-refractivity contribution in [2.24, 2.45) is 5.92 Å². The van der Waals surface area contributed by atoms with Gasteiger partial charge in [-0.15, -0.1) is 0 Å². The van der Waals surface area contributed by atoms with Crippen LogP contribution in [-0.2, 0) is 17.3 Å². The first-order valence-corrected chi connectivity index (χ1v) is 11.0. The molecule has 2 aliphatic rings. The third-order valence-corrected chi connectivity index (χ3v) is 6.63. The molecular formula is C23H23ClF3N3O. The molecule has 31 heavy (non-hydrogen) atoms. The van der Waals surface area contributed by atoms with Crippen LogP contribution in [0, 0.1) is 5.92 Å². The molecule has 2 atom stereocenters. The molecular weight excluding hydrogens is 427 g/mol. The highest BCUT2D eigenvalue weighted by molar-refractivity contribution is 6.31. The smallest absolute Gasteiger partial charge is 0.381 e. The average Bonchev–Trinajstić information content (AvgIpc) is 3.12. The van der Waals surface area contributed by atoms with E-state index in [4.69, 9.17) is 16.3 Å². The van der Waals surface area contributed by atoms with Crippen molar-refractivity contribution in [2.45, 2.75) is 37.9 Å². The van der Waals surface area contributed by atoms with Crippen LogP contribution < -0.4 is 4.90 Å². The van der Waals surface area contributed by atoms with Gasteiger partial charge in [-0.1, -0.05) is 11.6 Å². The maximum Gasteiger partial charge on any atom is 0.416 e. The number of rotatable bonds is 3. The first-order chi connectivity index (χ1) is 14.9. The van der Waals surface area contributed by atoms with Crippen molar-refractivity contribution in [1.29, 1.82) is 0 Å². The monoisotopic (exact) mass is 449 g/mol. The van der Waals surface area contributed by atoms with E-state index in [0.717, 1.165) is 54.6 Å². The molecule has 0 unspecified atom stereocenters. The lowest BCUT2D eigenvalue weighted by Gasteiger charge is -2.39. The Hall–Kier alpha value is -2.25. The molecule has 5 rings (SSSR count). The van der Waals surface area contributed by atoms with Crippen LogP contribution >= 0.6 is 11.6 Å². The molecule has 0 saturated carbocycles. The third kappa shape index (κ3) is 4.01. The van der Waals surface area contributed by atoms with Gasteiger partial charge in [-0.25, -0.2) is 4.98 Å². The molecule has 2 aliphatic heterocycles. The Morgan fingerprint density at radius 2 is 2.10 bits per heavy atom. The molecule has 0 radical (unpaired) electrons. The number of aromatic amines is 1. The van der Waals surface area contributed by atoms with Crippen molar-refractivity contribution in [3.8, 4) is 0 Å². The molecule has 1 aromatic carbocycles. The first kappa shape index (κ1) is 20.6. The van der Waals surface area contributed by atoms with Gasteiger partial charge in [-0.2, -0.15) is 13.2 Å². The molecule has 0 bridgehead atoms. The van der Waals surface area contributed by atoms with Crippen LogP contribution in [0.1, 0.15) is 42.1 Å². The number of nitrogens with one attached hydrogen (secondary N) is 1. The number of nitrogens with zero attached hydrogens (tertiary/aromatic N) is 2. The average molecular weight is 450 g/mol. The molecule has 0 amide bonds. The van der Waals surface area contributed by atoms with Crippen LogP contribution in [0.25, 0.3) is 10.9 Å². The zero-order valence-corrected chi connectivity index (χ0v) is 17.6. The van der Waals surface area contributed by atoms with Gasteiger partial charge in [-0.05, 0) is 67.5 Å². The minimum Gasteiger partial charge on any atom is -0.381 e. The van der Waals surface area contributed by atoms with Crippen molar-refractivity contribution in [3.05, 3.63) is 58.4 Å². The molecule has 1 N–H and O–H groups in total. The zero-order valence-electron chi connectivity index (χ0n) is 16.9. The second kappa shape index (κ2) is 8.02. The highest BCUT2D eigenvalue weighted by atomic mass is 35.5. The normalized spacial score (nSPS) is 22.0. The molecule has 4 nitrogen and oxygen atoms in total. The maximum absolute atomic E-state index is 13.3. The van der Waals surface area contributed by atoms with Gasteiger partial charge >= 0.3 is 6.18 Å². The van der Waals surface area contributed by atoms with Crippen LogP contribution in [0.4, 0.5) is 19.0 Å². The predicted octanol–water partition coefficient (Wildman–Crippen LogP) is 6.16. The van der Waals surface area contributed by atoms with E-state index in [-0.39, 0.29) is 6.04 Å². The summed E-state index contributed by atoms with van der Waals surface area (Å²) < 4.78 is 45.7. The van der Waals surface area contributed by atoms with Crippen LogP contribution in [0.2, 0.25) is 5.02 Å². The van der Waals surface area contributed by atoms with Gasteiger partial charge in [0.05, 0.1) is 11.6 Å². The molecule has 3 aromatic rings. The molecule has 0 spiro atoms. The summed E-state index contributed by atoms with van der Waals surface area (Å²) in [5, 5.41) is 1.76. The number of benzene rings is 1. The van der Waals surface area contributed by atoms with Crippen molar-refractivity contribution in [2.75, 3.05) is 24.7 Å². The number of pyridine rings is 1. The van der Waals surface area contributed by atoms with Crippen LogP contribution in [0.3, 0.4) is 0 Å². The van der Waals surface area contributed by atoms with E-state index in [1.807, 2.05) is 23.1 Å². The fourth-order valence-corrected chi connectivity index (χ4v) is 5.09.